The Hall–Kier alpha value is -1.70. The van der Waals surface area contributed by atoms with Crippen LogP contribution in [0.15, 0.2) is 12.4 Å². The second-order valence-electron chi connectivity index (χ2n) is 4.97. The highest BCUT2D eigenvalue weighted by Gasteiger charge is 2.35. The Morgan fingerprint density at radius 2 is 2.30 bits per heavy atom. The molecule has 3 rings (SSSR count). The Bertz CT molecular complexity index is 627. The summed E-state index contributed by atoms with van der Waals surface area (Å²) in [5.41, 5.74) is 7.59. The van der Waals surface area contributed by atoms with Gasteiger partial charge in [-0.25, -0.2) is 9.97 Å². The van der Waals surface area contributed by atoms with Gasteiger partial charge < -0.3 is 24.9 Å². The van der Waals surface area contributed by atoms with Gasteiger partial charge in [-0.05, 0) is 19.4 Å². The number of rotatable bonds is 2. The molecule has 0 aliphatic carbocycles. The number of hydrogen-bond acceptors (Lipinski definition) is 6. The molecule has 0 saturated carbocycles. The number of aliphatic hydroxyl groups excluding tert-OH is 1. The molecule has 0 bridgehead atoms. The second kappa shape index (κ2) is 5.01. The van der Waals surface area contributed by atoms with E-state index >= 15 is 0 Å². The van der Waals surface area contributed by atoms with Gasteiger partial charge in [0.05, 0.1) is 18.0 Å². The third-order valence-electron chi connectivity index (χ3n) is 3.79. The van der Waals surface area contributed by atoms with E-state index in [0.717, 1.165) is 16.7 Å². The van der Waals surface area contributed by atoms with Gasteiger partial charge in [-0.2, -0.15) is 0 Å². The van der Waals surface area contributed by atoms with E-state index in [1.807, 2.05) is 17.6 Å². The predicted octanol–water partition coefficient (Wildman–Crippen LogP) is 0.617. The molecule has 1 fully saturated rings. The van der Waals surface area contributed by atoms with Gasteiger partial charge in [-0.1, -0.05) is 0 Å². The lowest BCUT2D eigenvalue weighted by atomic mass is 10.0. The van der Waals surface area contributed by atoms with Crippen molar-refractivity contribution in [2.45, 2.75) is 31.8 Å². The third-order valence-corrected chi connectivity index (χ3v) is 3.79. The molecule has 3 atom stereocenters. The maximum absolute atomic E-state index is 10.4. The zero-order valence-electron chi connectivity index (χ0n) is 11.5. The van der Waals surface area contributed by atoms with Crippen LogP contribution in [-0.2, 0) is 9.47 Å². The van der Waals surface area contributed by atoms with Crippen molar-refractivity contribution in [1.82, 2.24) is 14.5 Å². The smallest absolute Gasteiger partial charge is 0.185 e. The van der Waals surface area contributed by atoms with E-state index < -0.39 is 12.4 Å². The van der Waals surface area contributed by atoms with Crippen molar-refractivity contribution < 1.29 is 14.6 Å². The van der Waals surface area contributed by atoms with Crippen LogP contribution in [0, 0.1) is 6.92 Å². The molecule has 1 saturated heterocycles. The maximum atomic E-state index is 10.4. The Morgan fingerprint density at radius 1 is 1.50 bits per heavy atom. The highest BCUT2D eigenvalue weighted by atomic mass is 16.7. The Labute approximate surface area is 116 Å². The summed E-state index contributed by atoms with van der Waals surface area (Å²) < 4.78 is 12.6. The molecule has 108 valence electrons. The highest BCUT2D eigenvalue weighted by molar-refractivity contribution is 5.87. The molecule has 2 aromatic rings. The number of aromatic nitrogens is 3. The number of nitrogens with two attached hydrogens (primary N) is 1. The van der Waals surface area contributed by atoms with Gasteiger partial charge in [-0.15, -0.1) is 0 Å². The number of nitrogens with zero attached hydrogens (tertiary/aromatic N) is 3. The summed E-state index contributed by atoms with van der Waals surface area (Å²) in [6.45, 7) is 2.49. The van der Waals surface area contributed by atoms with Crippen LogP contribution in [0.4, 0.5) is 5.82 Å². The van der Waals surface area contributed by atoms with Crippen LogP contribution in [0.25, 0.3) is 11.0 Å². The van der Waals surface area contributed by atoms with E-state index in [0.29, 0.717) is 18.8 Å². The van der Waals surface area contributed by atoms with Crippen LogP contribution in [0.2, 0.25) is 0 Å². The van der Waals surface area contributed by atoms with Gasteiger partial charge in [0.2, 0.25) is 0 Å². The Balaban J connectivity index is 2.09. The number of aliphatic hydroxyl groups is 1. The molecule has 7 nitrogen and oxygen atoms in total. The van der Waals surface area contributed by atoms with E-state index in [-0.39, 0.29) is 6.04 Å². The first kappa shape index (κ1) is 13.3. The number of anilines is 1. The summed E-state index contributed by atoms with van der Waals surface area (Å²) in [5, 5.41) is 11.2. The third kappa shape index (κ3) is 1.94. The molecule has 0 unspecified atom stereocenters. The average Bonchev–Trinajstić information content (AvgIpc) is 2.77. The van der Waals surface area contributed by atoms with Crippen LogP contribution in [0.1, 0.15) is 18.2 Å². The van der Waals surface area contributed by atoms with E-state index in [1.165, 1.54) is 13.4 Å². The zero-order chi connectivity index (χ0) is 14.3. The largest absolute Gasteiger partial charge is 0.386 e. The number of nitrogen functional groups attached to an aromatic ring is 1. The molecule has 0 radical (unpaired) electrons. The van der Waals surface area contributed by atoms with Gasteiger partial charge >= 0.3 is 0 Å². The minimum atomic E-state index is -0.751. The molecule has 2 aromatic heterocycles. The molecule has 1 aliphatic rings. The fourth-order valence-electron chi connectivity index (χ4n) is 2.84. The van der Waals surface area contributed by atoms with Crippen LogP contribution in [0.3, 0.4) is 0 Å². The van der Waals surface area contributed by atoms with Crippen molar-refractivity contribution in [3.63, 3.8) is 0 Å². The van der Waals surface area contributed by atoms with Crippen molar-refractivity contribution in [1.29, 1.82) is 0 Å². The topological polar surface area (TPSA) is 95.4 Å². The number of ether oxygens (including phenoxy) is 2. The second-order valence-corrected chi connectivity index (χ2v) is 4.97. The molecule has 20 heavy (non-hydrogen) atoms. The lowest BCUT2D eigenvalue weighted by Gasteiger charge is -2.35. The molecule has 0 amide bonds. The summed E-state index contributed by atoms with van der Waals surface area (Å²) in [5.74, 6) is 0.446. The molecule has 3 heterocycles. The Morgan fingerprint density at radius 3 is 3.05 bits per heavy atom. The fourth-order valence-corrected chi connectivity index (χ4v) is 2.84. The quantitative estimate of drug-likeness (QED) is 0.836. The lowest BCUT2D eigenvalue weighted by Crippen LogP contribution is -2.43. The summed E-state index contributed by atoms with van der Waals surface area (Å²) in [6.07, 6.45) is 0.756. The summed E-state index contributed by atoms with van der Waals surface area (Å²) in [4.78, 5) is 8.30. The summed E-state index contributed by atoms with van der Waals surface area (Å²) in [6, 6.07) is 1.79. The number of methoxy groups -OCH3 is 1. The monoisotopic (exact) mass is 278 g/mol. The normalized spacial score (nSPS) is 27.1. The molecule has 1 aliphatic heterocycles. The van der Waals surface area contributed by atoms with Gasteiger partial charge in [0, 0.05) is 12.8 Å². The van der Waals surface area contributed by atoms with Gasteiger partial charge in [-0.3, -0.25) is 0 Å². The molecular weight excluding hydrogens is 260 g/mol. The number of hydrogen-bond donors (Lipinski definition) is 2. The predicted molar refractivity (Wildman–Crippen MR) is 73.1 cm³/mol. The minimum absolute atomic E-state index is 0.152. The van der Waals surface area contributed by atoms with Crippen molar-refractivity contribution in [2.75, 3.05) is 19.5 Å². The molecule has 0 aromatic carbocycles. The number of fused-ring (bicyclic) bond motifs is 1. The first-order chi connectivity index (χ1) is 9.63. The summed E-state index contributed by atoms with van der Waals surface area (Å²) >= 11 is 0. The van der Waals surface area contributed by atoms with E-state index in [1.54, 1.807) is 0 Å². The van der Waals surface area contributed by atoms with E-state index in [4.69, 9.17) is 15.2 Å². The van der Waals surface area contributed by atoms with E-state index in [9.17, 15) is 5.11 Å². The zero-order valence-corrected chi connectivity index (χ0v) is 11.5. The van der Waals surface area contributed by atoms with Crippen LogP contribution in [-0.4, -0.2) is 45.8 Å². The Kier molecular flexibility index (Phi) is 3.33. The molecule has 0 spiro atoms. The van der Waals surface area contributed by atoms with Crippen LogP contribution < -0.4 is 5.73 Å². The first-order valence-corrected chi connectivity index (χ1v) is 6.54. The maximum Gasteiger partial charge on any atom is 0.185 e. The van der Waals surface area contributed by atoms with Gasteiger partial charge in [0.1, 0.15) is 23.9 Å². The van der Waals surface area contributed by atoms with E-state index in [2.05, 4.69) is 9.97 Å². The lowest BCUT2D eigenvalue weighted by molar-refractivity contribution is -0.215. The number of aryl methyl sites for hydroxylation is 1. The van der Waals surface area contributed by atoms with Gasteiger partial charge in [0.15, 0.2) is 6.29 Å². The molecule has 3 N–H and O–H groups in total. The van der Waals surface area contributed by atoms with Crippen LogP contribution in [0.5, 0.6) is 0 Å². The van der Waals surface area contributed by atoms with Crippen molar-refractivity contribution >= 4 is 16.9 Å². The minimum Gasteiger partial charge on any atom is -0.386 e. The highest BCUT2D eigenvalue weighted by Crippen LogP contribution is 2.32. The van der Waals surface area contributed by atoms with Crippen LogP contribution >= 0.6 is 0 Å². The molecule has 7 heteroatoms. The SMILES string of the molecule is CO[C@@H]1OCC[C@@H](n2c(C)cc3c(N)ncnc32)[C@H]1O. The standard InChI is InChI=1S/C13H18N4O3/c1-7-5-8-11(14)15-6-16-12(8)17(7)9-3-4-20-13(19-2)10(9)18/h5-6,9-10,13,18H,3-4H2,1-2H3,(H2,14,15,16)/t9-,10-,13-/m1/s1. The average molecular weight is 278 g/mol. The van der Waals surface area contributed by atoms with Crippen molar-refractivity contribution in [3.8, 4) is 0 Å². The summed E-state index contributed by atoms with van der Waals surface area (Å²) in [7, 11) is 1.52. The molecular formula is C13H18N4O3. The van der Waals surface area contributed by atoms with Gasteiger partial charge in [0.25, 0.3) is 0 Å². The van der Waals surface area contributed by atoms with Crippen molar-refractivity contribution in [2.24, 2.45) is 0 Å². The first-order valence-electron chi connectivity index (χ1n) is 6.54. The fraction of sp³-hybridized carbons (Fsp3) is 0.538. The van der Waals surface area contributed by atoms with Crippen molar-refractivity contribution in [3.05, 3.63) is 18.1 Å².